The number of aliphatic hydroxyl groups is 5. The van der Waals surface area contributed by atoms with E-state index in [-0.39, 0.29) is 17.1 Å². The van der Waals surface area contributed by atoms with Gasteiger partial charge in [0.2, 0.25) is 6.29 Å². The number of phenols is 1. The molecule has 254 valence electrons. The van der Waals surface area contributed by atoms with Crippen molar-refractivity contribution in [3.63, 3.8) is 0 Å². The highest BCUT2D eigenvalue weighted by atomic mass is 16.7. The van der Waals surface area contributed by atoms with E-state index in [0.29, 0.717) is 17.1 Å². The molecule has 0 unspecified atom stereocenters. The Labute approximate surface area is 265 Å². The first-order chi connectivity index (χ1) is 21.9. The van der Waals surface area contributed by atoms with Crippen molar-refractivity contribution in [3.8, 4) is 28.7 Å². The molecule has 4 rings (SSSR count). The predicted octanol–water partition coefficient (Wildman–Crippen LogP) is -0.00130. The van der Waals surface area contributed by atoms with Crippen LogP contribution in [0.3, 0.4) is 0 Å². The number of aromatic hydroxyl groups is 1. The lowest BCUT2D eigenvalue weighted by molar-refractivity contribution is -0.320. The minimum Gasteiger partial charge on any atom is -0.507 e. The van der Waals surface area contributed by atoms with Crippen molar-refractivity contribution in [2.45, 2.75) is 68.3 Å². The summed E-state index contributed by atoms with van der Waals surface area (Å²) in [6.45, 7) is 1.05. The number of ketones is 1. The average Bonchev–Trinajstić information content (AvgIpc) is 3.05. The van der Waals surface area contributed by atoms with E-state index in [4.69, 9.17) is 37.9 Å². The zero-order valence-electron chi connectivity index (χ0n) is 25.9. The first-order valence-electron chi connectivity index (χ1n) is 14.3. The molecule has 0 aliphatic carbocycles. The fourth-order valence-corrected chi connectivity index (χ4v) is 5.13. The molecule has 2 aromatic rings. The fraction of sp³-hybridized carbons (Fsp3) is 0.516. The Bertz CT molecular complexity index is 1370. The van der Waals surface area contributed by atoms with Crippen LogP contribution in [0, 0.1) is 0 Å². The van der Waals surface area contributed by atoms with Crippen LogP contribution in [0.4, 0.5) is 0 Å². The number of carbonyl (C=O) groups is 1. The summed E-state index contributed by atoms with van der Waals surface area (Å²) in [4.78, 5) is 13.1. The second-order valence-electron chi connectivity index (χ2n) is 10.7. The Balaban J connectivity index is 1.49. The largest absolute Gasteiger partial charge is 0.507 e. The minimum absolute atomic E-state index is 0.0259. The molecular weight excluding hydrogens is 612 g/mol. The van der Waals surface area contributed by atoms with Gasteiger partial charge in [0.25, 0.3) is 0 Å². The third-order valence-corrected chi connectivity index (χ3v) is 7.76. The van der Waals surface area contributed by atoms with Gasteiger partial charge < -0.3 is 68.5 Å². The van der Waals surface area contributed by atoms with Gasteiger partial charge >= 0.3 is 0 Å². The van der Waals surface area contributed by atoms with Crippen LogP contribution in [0.1, 0.15) is 22.8 Å². The molecule has 6 N–H and O–H groups in total. The van der Waals surface area contributed by atoms with Gasteiger partial charge in [0.1, 0.15) is 65.5 Å². The van der Waals surface area contributed by atoms with Crippen molar-refractivity contribution in [2.24, 2.45) is 0 Å². The van der Waals surface area contributed by atoms with E-state index in [1.54, 1.807) is 18.2 Å². The third-order valence-electron chi connectivity index (χ3n) is 7.76. The summed E-state index contributed by atoms with van der Waals surface area (Å²) in [5, 5.41) is 62.5. The van der Waals surface area contributed by atoms with Gasteiger partial charge in [-0.25, -0.2) is 0 Å². The first-order valence-corrected chi connectivity index (χ1v) is 14.3. The van der Waals surface area contributed by atoms with Crippen molar-refractivity contribution in [1.82, 2.24) is 0 Å². The number of methoxy groups -OCH3 is 4. The summed E-state index contributed by atoms with van der Waals surface area (Å²) >= 11 is 0. The molecule has 2 saturated heterocycles. The SMILES string of the molecule is COc1ccc(C=CC(=O)c2c(O)cc(O[C@@H]3O[C@H](CO[C@@H]4O[C@@H](C)[C@H](O)[C@@H](O)[C@H]4O)[C@@H](O)[C@H](O)[C@H]3OC)cc2OC)cc1OC. The van der Waals surface area contributed by atoms with Gasteiger partial charge in [0, 0.05) is 19.2 Å². The quantitative estimate of drug-likeness (QED) is 0.132. The van der Waals surface area contributed by atoms with Crippen molar-refractivity contribution in [1.29, 1.82) is 0 Å². The lowest BCUT2D eigenvalue weighted by atomic mass is 9.98. The van der Waals surface area contributed by atoms with E-state index in [9.17, 15) is 35.4 Å². The predicted molar refractivity (Wildman–Crippen MR) is 158 cm³/mol. The second-order valence-corrected chi connectivity index (χ2v) is 10.7. The minimum atomic E-state index is -1.60. The summed E-state index contributed by atoms with van der Waals surface area (Å²) in [7, 11) is 5.56. The molecule has 0 bridgehead atoms. The molecule has 15 heteroatoms. The maximum absolute atomic E-state index is 13.1. The molecule has 15 nitrogen and oxygen atoms in total. The Morgan fingerprint density at radius 2 is 1.50 bits per heavy atom. The molecule has 0 spiro atoms. The van der Waals surface area contributed by atoms with E-state index in [1.165, 1.54) is 53.6 Å². The number of hydrogen-bond donors (Lipinski definition) is 6. The number of ether oxygens (including phenoxy) is 8. The highest BCUT2D eigenvalue weighted by molar-refractivity contribution is 6.10. The number of phenolic OH excluding ortho intramolecular Hbond substituents is 1. The molecule has 10 atom stereocenters. The smallest absolute Gasteiger partial charge is 0.229 e. The van der Waals surface area contributed by atoms with E-state index in [0.717, 1.165) is 6.07 Å². The van der Waals surface area contributed by atoms with Gasteiger partial charge in [-0.1, -0.05) is 12.1 Å². The summed E-state index contributed by atoms with van der Waals surface area (Å²) in [6, 6.07) is 7.56. The van der Waals surface area contributed by atoms with Crippen LogP contribution in [0.15, 0.2) is 36.4 Å². The van der Waals surface area contributed by atoms with Gasteiger partial charge in [-0.05, 0) is 30.7 Å². The van der Waals surface area contributed by atoms with Crippen LogP contribution in [0.25, 0.3) is 6.08 Å². The van der Waals surface area contributed by atoms with Crippen LogP contribution >= 0.6 is 0 Å². The summed E-state index contributed by atoms with van der Waals surface area (Å²) in [6.07, 6.45) is -10.8. The number of hydrogen-bond acceptors (Lipinski definition) is 15. The monoisotopic (exact) mass is 652 g/mol. The van der Waals surface area contributed by atoms with E-state index >= 15 is 0 Å². The Kier molecular flexibility index (Phi) is 11.8. The summed E-state index contributed by atoms with van der Waals surface area (Å²) in [5.41, 5.74) is 0.491. The molecule has 46 heavy (non-hydrogen) atoms. The number of carbonyl (C=O) groups excluding carboxylic acids is 1. The van der Waals surface area contributed by atoms with Gasteiger partial charge in [-0.3, -0.25) is 4.79 Å². The van der Waals surface area contributed by atoms with Crippen LogP contribution in [-0.2, 0) is 18.9 Å². The van der Waals surface area contributed by atoms with E-state index < -0.39 is 79.6 Å². The van der Waals surface area contributed by atoms with Crippen molar-refractivity contribution >= 4 is 11.9 Å². The standard InChI is InChI=1S/C31H40O15/c1-14-24(34)26(36)28(38)30(44-14)43-13-22-25(35)27(37)29(42-5)31(46-22)45-16-11-18(33)23(21(12-16)41-4)17(32)8-6-15-7-9-19(39-2)20(10-15)40-3/h6-12,14,22,24-31,33-38H,13H2,1-5H3/t14-,22+,24-,25+,26+,27-,28+,29+,30+,31+/m0/s1. The molecule has 2 aliphatic rings. The van der Waals surface area contributed by atoms with Crippen LogP contribution in [0.2, 0.25) is 0 Å². The second kappa shape index (κ2) is 15.4. The molecule has 0 saturated carbocycles. The fourth-order valence-electron chi connectivity index (χ4n) is 5.13. The molecule has 0 amide bonds. The normalized spacial score (nSPS) is 31.4. The average molecular weight is 653 g/mol. The number of allylic oxidation sites excluding steroid dienone is 1. The maximum atomic E-state index is 13.1. The molecule has 2 aliphatic heterocycles. The van der Waals surface area contributed by atoms with Gasteiger partial charge in [-0.15, -0.1) is 0 Å². The highest BCUT2D eigenvalue weighted by Crippen LogP contribution is 2.36. The lowest BCUT2D eigenvalue weighted by Crippen LogP contribution is -2.62. The lowest BCUT2D eigenvalue weighted by Gasteiger charge is -2.43. The maximum Gasteiger partial charge on any atom is 0.229 e. The Morgan fingerprint density at radius 1 is 0.804 bits per heavy atom. The summed E-state index contributed by atoms with van der Waals surface area (Å²) in [5.74, 6) is -0.110. The molecule has 0 aromatic heterocycles. The van der Waals surface area contributed by atoms with Crippen molar-refractivity contribution in [2.75, 3.05) is 35.0 Å². The molecule has 2 heterocycles. The topological polar surface area (TPSA) is 212 Å². The third kappa shape index (κ3) is 7.54. The van der Waals surface area contributed by atoms with E-state index in [2.05, 4.69) is 0 Å². The van der Waals surface area contributed by atoms with Crippen molar-refractivity contribution < 1.29 is 73.3 Å². The number of aliphatic hydroxyl groups excluding tert-OH is 5. The first kappa shape index (κ1) is 35.3. The summed E-state index contributed by atoms with van der Waals surface area (Å²) < 4.78 is 43.8. The zero-order chi connectivity index (χ0) is 33.7. The van der Waals surface area contributed by atoms with Crippen molar-refractivity contribution in [3.05, 3.63) is 47.5 Å². The molecule has 0 radical (unpaired) electrons. The van der Waals surface area contributed by atoms with E-state index in [1.807, 2.05) is 0 Å². The molecule has 2 aromatic carbocycles. The zero-order valence-corrected chi connectivity index (χ0v) is 25.9. The van der Waals surface area contributed by atoms with Crippen LogP contribution in [0.5, 0.6) is 28.7 Å². The van der Waals surface area contributed by atoms with Crippen LogP contribution in [-0.4, -0.2) is 133 Å². The molecule has 2 fully saturated rings. The Hall–Kier alpha value is -3.51. The number of rotatable bonds is 12. The highest BCUT2D eigenvalue weighted by Gasteiger charge is 2.48. The van der Waals surface area contributed by atoms with Gasteiger partial charge in [0.15, 0.2) is 23.6 Å². The Morgan fingerprint density at radius 3 is 2.15 bits per heavy atom. The number of benzene rings is 2. The van der Waals surface area contributed by atoms with Gasteiger partial charge in [-0.2, -0.15) is 0 Å². The van der Waals surface area contributed by atoms with Gasteiger partial charge in [0.05, 0.1) is 34.0 Å². The van der Waals surface area contributed by atoms with Crippen LogP contribution < -0.4 is 18.9 Å². The molecular formula is C31H40O15.